The van der Waals surface area contributed by atoms with Gasteiger partial charge in [0.2, 0.25) is 0 Å². The van der Waals surface area contributed by atoms with E-state index < -0.39 is 5.82 Å². The first kappa shape index (κ1) is 16.6. The van der Waals surface area contributed by atoms with E-state index in [1.165, 1.54) is 17.7 Å². The third-order valence-corrected chi connectivity index (χ3v) is 3.85. The quantitative estimate of drug-likeness (QED) is 0.423. The second-order valence-corrected chi connectivity index (χ2v) is 5.71. The number of carbonyl (C=O) groups is 1. The van der Waals surface area contributed by atoms with E-state index in [1.54, 1.807) is 6.21 Å². The van der Waals surface area contributed by atoms with Gasteiger partial charge in [-0.25, -0.2) is 4.39 Å². The number of aliphatic imine (C=N–C) groups is 1. The molecular weight excluding hydrogens is 315 g/mol. The monoisotopic (exact) mass is 332 g/mol. The van der Waals surface area contributed by atoms with E-state index in [0.717, 1.165) is 23.6 Å². The van der Waals surface area contributed by atoms with Crippen molar-refractivity contribution in [2.75, 3.05) is 5.73 Å². The summed E-state index contributed by atoms with van der Waals surface area (Å²) in [4.78, 5) is 14.8. The van der Waals surface area contributed by atoms with Crippen molar-refractivity contribution in [2.45, 2.75) is 6.42 Å². The summed E-state index contributed by atoms with van der Waals surface area (Å²) in [7, 11) is 0. The van der Waals surface area contributed by atoms with Crippen molar-refractivity contribution in [1.29, 1.82) is 0 Å². The Bertz CT molecular complexity index is 920. The van der Waals surface area contributed by atoms with Crippen LogP contribution in [0.4, 0.5) is 15.8 Å². The molecule has 3 rings (SSSR count). The number of nitrogens with zero attached hydrogens (tertiary/aromatic N) is 1. The predicted molar refractivity (Wildman–Crippen MR) is 99.1 cm³/mol. The molecule has 25 heavy (non-hydrogen) atoms. The van der Waals surface area contributed by atoms with Crippen LogP contribution in [0, 0.1) is 5.82 Å². The molecule has 0 atom stereocenters. The average Bonchev–Trinajstić information content (AvgIpc) is 2.63. The lowest BCUT2D eigenvalue weighted by molar-refractivity contribution is 0.112. The van der Waals surface area contributed by atoms with Gasteiger partial charge in [0, 0.05) is 23.0 Å². The summed E-state index contributed by atoms with van der Waals surface area (Å²) in [5.41, 5.74) is 10.0. The lowest BCUT2D eigenvalue weighted by atomic mass is 10.0. The van der Waals surface area contributed by atoms with Crippen molar-refractivity contribution in [1.82, 2.24) is 0 Å². The van der Waals surface area contributed by atoms with Crippen LogP contribution in [-0.4, -0.2) is 12.5 Å². The molecule has 0 fully saturated rings. The van der Waals surface area contributed by atoms with E-state index >= 15 is 0 Å². The van der Waals surface area contributed by atoms with Crippen LogP contribution in [0.15, 0.2) is 71.7 Å². The molecule has 3 aromatic rings. The Hall–Kier alpha value is -3.27. The molecule has 0 bridgehead atoms. The molecule has 0 radical (unpaired) electrons. The van der Waals surface area contributed by atoms with E-state index in [9.17, 15) is 9.18 Å². The van der Waals surface area contributed by atoms with Crippen molar-refractivity contribution in [3.63, 3.8) is 0 Å². The first-order valence-electron chi connectivity index (χ1n) is 7.87. The number of halogens is 1. The second kappa shape index (κ2) is 7.53. The Kier molecular flexibility index (Phi) is 5.00. The highest BCUT2D eigenvalue weighted by Crippen LogP contribution is 2.20. The summed E-state index contributed by atoms with van der Waals surface area (Å²) in [5.74, 6) is -0.542. The molecule has 124 valence electrons. The molecule has 3 aromatic carbocycles. The Morgan fingerprint density at radius 2 is 1.76 bits per heavy atom. The van der Waals surface area contributed by atoms with Gasteiger partial charge in [0.05, 0.1) is 5.69 Å². The minimum absolute atomic E-state index is 0.165. The normalized spacial score (nSPS) is 10.9. The van der Waals surface area contributed by atoms with Crippen molar-refractivity contribution < 1.29 is 9.18 Å². The number of anilines is 1. The number of carbonyl (C=O) groups excluding carboxylic acids is 1. The number of nitrogens with two attached hydrogens (primary N) is 1. The minimum atomic E-state index is -0.542. The zero-order chi connectivity index (χ0) is 17.6. The fourth-order valence-corrected chi connectivity index (χ4v) is 2.52. The van der Waals surface area contributed by atoms with Gasteiger partial charge in [-0.3, -0.25) is 9.79 Å². The van der Waals surface area contributed by atoms with Crippen LogP contribution in [-0.2, 0) is 6.42 Å². The summed E-state index contributed by atoms with van der Waals surface area (Å²) >= 11 is 0. The molecule has 0 aromatic heterocycles. The van der Waals surface area contributed by atoms with Gasteiger partial charge in [0.25, 0.3) is 0 Å². The standard InChI is InChI=1S/C21H17FN2O/c22-19-12-17(14-25)7-9-21(19)24-13-18-11-16(6-8-20(18)23)10-15-4-2-1-3-5-15/h1-9,11-14H,10,23H2. The molecule has 2 N–H and O–H groups in total. The molecule has 0 amide bonds. The highest BCUT2D eigenvalue weighted by Gasteiger charge is 2.04. The molecule has 0 unspecified atom stereocenters. The number of benzene rings is 3. The molecule has 0 aliphatic carbocycles. The van der Waals surface area contributed by atoms with Crippen LogP contribution >= 0.6 is 0 Å². The smallest absolute Gasteiger partial charge is 0.150 e. The Balaban J connectivity index is 1.84. The number of nitrogen functional groups attached to an aromatic ring is 1. The maximum absolute atomic E-state index is 13.9. The van der Waals surface area contributed by atoms with Gasteiger partial charge < -0.3 is 5.73 Å². The van der Waals surface area contributed by atoms with E-state index in [-0.39, 0.29) is 11.3 Å². The van der Waals surface area contributed by atoms with E-state index in [2.05, 4.69) is 17.1 Å². The van der Waals surface area contributed by atoms with Gasteiger partial charge in [0.15, 0.2) is 0 Å². The van der Waals surface area contributed by atoms with Gasteiger partial charge in [-0.15, -0.1) is 0 Å². The highest BCUT2D eigenvalue weighted by molar-refractivity contribution is 5.89. The third-order valence-electron chi connectivity index (χ3n) is 3.85. The van der Waals surface area contributed by atoms with Crippen LogP contribution in [0.2, 0.25) is 0 Å². The van der Waals surface area contributed by atoms with Crippen LogP contribution in [0.3, 0.4) is 0 Å². The Morgan fingerprint density at radius 1 is 0.960 bits per heavy atom. The van der Waals surface area contributed by atoms with Crippen molar-refractivity contribution in [3.8, 4) is 0 Å². The number of hydrogen-bond acceptors (Lipinski definition) is 3. The average molecular weight is 332 g/mol. The van der Waals surface area contributed by atoms with Gasteiger partial charge in [-0.05, 0) is 47.9 Å². The summed E-state index contributed by atoms with van der Waals surface area (Å²) in [6, 6.07) is 20.0. The van der Waals surface area contributed by atoms with Gasteiger partial charge >= 0.3 is 0 Å². The van der Waals surface area contributed by atoms with Gasteiger partial charge in [0.1, 0.15) is 12.1 Å². The Labute approximate surface area is 145 Å². The molecule has 0 spiro atoms. The minimum Gasteiger partial charge on any atom is -0.398 e. The molecule has 0 aliphatic rings. The van der Waals surface area contributed by atoms with Crippen LogP contribution < -0.4 is 5.73 Å². The van der Waals surface area contributed by atoms with Crippen molar-refractivity contribution in [2.24, 2.45) is 4.99 Å². The molecule has 0 saturated carbocycles. The maximum Gasteiger partial charge on any atom is 0.150 e. The molecule has 0 aliphatic heterocycles. The van der Waals surface area contributed by atoms with Crippen molar-refractivity contribution in [3.05, 3.63) is 94.8 Å². The van der Waals surface area contributed by atoms with Crippen LogP contribution in [0.5, 0.6) is 0 Å². The molecular formula is C21H17FN2O. The fraction of sp³-hybridized carbons (Fsp3) is 0.0476. The summed E-state index contributed by atoms with van der Waals surface area (Å²) in [6.45, 7) is 0. The number of rotatable bonds is 5. The van der Waals surface area contributed by atoms with Crippen LogP contribution in [0.1, 0.15) is 27.0 Å². The van der Waals surface area contributed by atoms with E-state index in [0.29, 0.717) is 12.0 Å². The second-order valence-electron chi connectivity index (χ2n) is 5.71. The largest absolute Gasteiger partial charge is 0.398 e. The lowest BCUT2D eigenvalue weighted by Crippen LogP contribution is -1.96. The molecule has 0 heterocycles. The Morgan fingerprint density at radius 3 is 2.48 bits per heavy atom. The number of hydrogen-bond donors (Lipinski definition) is 1. The van der Waals surface area contributed by atoms with Gasteiger partial charge in [-0.1, -0.05) is 36.4 Å². The summed E-state index contributed by atoms with van der Waals surface area (Å²) in [6.07, 6.45) is 2.93. The first-order chi connectivity index (χ1) is 12.2. The SMILES string of the molecule is Nc1ccc(Cc2ccccc2)cc1C=Nc1ccc(C=O)cc1F. The summed E-state index contributed by atoms with van der Waals surface area (Å²) in [5, 5.41) is 0. The summed E-state index contributed by atoms with van der Waals surface area (Å²) < 4.78 is 13.9. The predicted octanol–water partition coefficient (Wildman–Crippen LogP) is 4.56. The maximum atomic E-state index is 13.9. The lowest BCUT2D eigenvalue weighted by Gasteiger charge is -2.06. The van der Waals surface area contributed by atoms with E-state index in [1.807, 2.05) is 36.4 Å². The van der Waals surface area contributed by atoms with E-state index in [4.69, 9.17) is 5.73 Å². The topological polar surface area (TPSA) is 55.4 Å². The zero-order valence-electron chi connectivity index (χ0n) is 13.5. The third kappa shape index (κ3) is 4.18. The van der Waals surface area contributed by atoms with Crippen LogP contribution in [0.25, 0.3) is 0 Å². The molecule has 3 nitrogen and oxygen atoms in total. The number of aldehydes is 1. The van der Waals surface area contributed by atoms with Crippen molar-refractivity contribution >= 4 is 23.9 Å². The zero-order valence-corrected chi connectivity index (χ0v) is 13.5. The van der Waals surface area contributed by atoms with Gasteiger partial charge in [-0.2, -0.15) is 0 Å². The first-order valence-corrected chi connectivity index (χ1v) is 7.87. The molecule has 0 saturated heterocycles. The molecule has 4 heteroatoms. The highest BCUT2D eigenvalue weighted by atomic mass is 19.1. The fourth-order valence-electron chi connectivity index (χ4n) is 2.52.